The number of likely N-dealkylation sites (N-methyl/N-ethyl adjacent to an activating group) is 1. The highest BCUT2D eigenvalue weighted by Crippen LogP contribution is 2.36. The van der Waals surface area contributed by atoms with Gasteiger partial charge in [-0.15, -0.1) is 0 Å². The van der Waals surface area contributed by atoms with Crippen LogP contribution in [-0.2, 0) is 14.3 Å². The van der Waals surface area contributed by atoms with Crippen LogP contribution in [-0.4, -0.2) is 254 Å². The molecule has 24 nitrogen and oxygen atoms in total. The molecule has 20 N–H and O–H groups in total. The third kappa shape index (κ3) is 23.4. The molecule has 1 amide bonds. The van der Waals surface area contributed by atoms with Crippen molar-refractivity contribution in [3.63, 3.8) is 0 Å². The zero-order valence-corrected chi connectivity index (χ0v) is 49.5. The number of unbranched alkanes of at least 4 members (excludes halogenated alkanes) is 7. The van der Waals surface area contributed by atoms with Crippen LogP contribution in [0.15, 0.2) is 23.0 Å². The second kappa shape index (κ2) is 36.1. The Labute approximate surface area is 483 Å². The second-order valence-corrected chi connectivity index (χ2v) is 24.6. The lowest BCUT2D eigenvalue weighted by Gasteiger charge is -2.47. The molecule has 0 radical (unpaired) electrons. The standard InChI is InChI=1S/C58H107NO23/c1-9-10-11-12-13-14-15-16-17-35(60)27-58(81)56(79)55(78)53(76)46(82-58)26-44(69)52(75)54(77)51(74)43(68)24-38(63)22-36(61)21-37(62)23-39(64)32(5)49(72)33(6)40(65)25-41(66)34(7)50(73)42(67)20-30(3)18-29(2)19-31(4)48(71)47-45(70)28-59(8)57(47)80/h19,29-30,32-44,46,49-56,60-69,71-79,81H,9-18,20-28H2,1-8H3/b31-19+,48-47-/t29-,30+,32-,33-,34-,35+,36-,37+,38-,39+,40-,41+,42+,43-,44-,46+,49+,50+,51-,52+,53+,54+,55-,56-,58-/m0/s1. The van der Waals surface area contributed by atoms with Gasteiger partial charge in [-0.3, -0.25) is 9.59 Å². The molecular weight excluding hydrogens is 1080 g/mol. The summed E-state index contributed by atoms with van der Waals surface area (Å²) in [6.45, 7) is 11.7. The van der Waals surface area contributed by atoms with E-state index in [9.17, 15) is 112 Å². The molecule has 2 fully saturated rings. The van der Waals surface area contributed by atoms with Crippen LogP contribution in [0.3, 0.4) is 0 Å². The highest BCUT2D eigenvalue weighted by Gasteiger charge is 2.54. The van der Waals surface area contributed by atoms with Gasteiger partial charge >= 0.3 is 0 Å². The SMILES string of the molecule is CCCCCCCCCC[C@@H](O)C[C@]1(O)O[C@H](C[C@H](O)[C@@H](O)[C@H](O)[C@@H](O)[C@@H](O)C[C@@H](O)C[C@@H](O)C[C@@H](O)C[C@@H](O)[C@H](C)[C@@H](O)[C@@H](C)[C@@H](O)C[C@@H](O)[C@H](C)[C@@H](O)[C@H](O)C[C@H](C)C[C@H](C)/C=C(C)/C(O)=C2\C(=O)CN(C)C2=O)[C@@H](O)[C@H](O)[C@@H]1O. The van der Waals surface area contributed by atoms with Crippen LogP contribution in [0, 0.1) is 29.6 Å². The van der Waals surface area contributed by atoms with Crippen molar-refractivity contribution in [2.24, 2.45) is 29.6 Å². The molecule has 82 heavy (non-hydrogen) atoms. The highest BCUT2D eigenvalue weighted by molar-refractivity contribution is 6.25. The Bertz CT molecular complexity index is 1920. The predicted molar refractivity (Wildman–Crippen MR) is 299 cm³/mol. The lowest BCUT2D eigenvalue weighted by Crippen LogP contribution is -2.65. The van der Waals surface area contributed by atoms with Crippen LogP contribution in [0.1, 0.15) is 164 Å². The Hall–Kier alpha value is -2.38. The summed E-state index contributed by atoms with van der Waals surface area (Å²) in [6, 6.07) is 0. The fraction of sp³-hybridized carbons (Fsp3) is 0.897. The number of Topliss-reactive ketones (excluding diaryl/α,β-unsaturated/α-hetero) is 1. The maximum Gasteiger partial charge on any atom is 0.261 e. The Morgan fingerprint density at radius 3 is 1.56 bits per heavy atom. The fourth-order valence-corrected chi connectivity index (χ4v) is 11.4. The minimum absolute atomic E-state index is 0.120. The summed E-state index contributed by atoms with van der Waals surface area (Å²) in [6.07, 6.45) is -25.5. The maximum atomic E-state index is 12.3. The van der Waals surface area contributed by atoms with Crippen molar-refractivity contribution in [2.45, 2.75) is 286 Å². The molecular formula is C58H107NO23. The second-order valence-electron chi connectivity index (χ2n) is 24.6. The molecule has 482 valence electrons. The average Bonchev–Trinajstić information content (AvgIpc) is 3.84. The number of hydrogen-bond acceptors (Lipinski definition) is 23. The van der Waals surface area contributed by atoms with Gasteiger partial charge in [0.1, 0.15) is 48.0 Å². The summed E-state index contributed by atoms with van der Waals surface area (Å²) in [5, 5.41) is 216. The van der Waals surface area contributed by atoms with Gasteiger partial charge in [0.05, 0.1) is 85.9 Å². The number of likely N-dealkylation sites (tertiary alicyclic amines) is 1. The molecule has 2 aliphatic rings. The molecule has 0 saturated carbocycles. The first kappa shape index (κ1) is 75.7. The van der Waals surface area contributed by atoms with E-state index in [4.69, 9.17) is 4.74 Å². The molecule has 2 aliphatic heterocycles. The Balaban J connectivity index is 1.83. The summed E-state index contributed by atoms with van der Waals surface area (Å²) in [5.41, 5.74) is 0.0812. The maximum absolute atomic E-state index is 12.3. The first-order chi connectivity index (χ1) is 38.1. The first-order valence-electron chi connectivity index (χ1n) is 29.7. The van der Waals surface area contributed by atoms with Gasteiger partial charge in [-0.2, -0.15) is 0 Å². The van der Waals surface area contributed by atoms with E-state index in [1.165, 1.54) is 39.1 Å². The zero-order valence-electron chi connectivity index (χ0n) is 49.5. The van der Waals surface area contributed by atoms with Crippen LogP contribution in [0.25, 0.3) is 0 Å². The van der Waals surface area contributed by atoms with E-state index in [1.807, 2.05) is 13.8 Å². The molecule has 0 unspecified atom stereocenters. The average molecular weight is 1190 g/mol. The van der Waals surface area contributed by atoms with Crippen molar-refractivity contribution in [2.75, 3.05) is 13.6 Å². The van der Waals surface area contributed by atoms with Crippen LogP contribution in [0.2, 0.25) is 0 Å². The van der Waals surface area contributed by atoms with Gasteiger partial charge in [-0.05, 0) is 69.3 Å². The number of rotatable bonds is 40. The monoisotopic (exact) mass is 1190 g/mol. The summed E-state index contributed by atoms with van der Waals surface area (Å²) in [5.74, 6) is -7.23. The molecule has 0 aliphatic carbocycles. The Morgan fingerprint density at radius 1 is 0.573 bits per heavy atom. The van der Waals surface area contributed by atoms with Crippen molar-refractivity contribution >= 4 is 11.7 Å². The summed E-state index contributed by atoms with van der Waals surface area (Å²) < 4.78 is 5.50. The van der Waals surface area contributed by atoms with E-state index in [-0.39, 0.29) is 55.4 Å². The smallest absolute Gasteiger partial charge is 0.261 e. The highest BCUT2D eigenvalue weighted by atomic mass is 16.7. The molecule has 0 spiro atoms. The molecule has 0 aromatic carbocycles. The number of carbonyl (C=O) groups is 2. The van der Waals surface area contributed by atoms with Crippen LogP contribution in [0.4, 0.5) is 0 Å². The van der Waals surface area contributed by atoms with Crippen LogP contribution < -0.4 is 0 Å². The van der Waals surface area contributed by atoms with Crippen molar-refractivity contribution in [3.8, 4) is 0 Å². The van der Waals surface area contributed by atoms with E-state index in [0.717, 1.165) is 38.5 Å². The number of ether oxygens (including phenoxy) is 1. The first-order valence-corrected chi connectivity index (χ1v) is 29.7. The normalized spacial score (nSPS) is 28.3. The molecule has 2 saturated heterocycles. The topological polar surface area (TPSA) is 451 Å². The van der Waals surface area contributed by atoms with E-state index in [0.29, 0.717) is 18.4 Å². The van der Waals surface area contributed by atoms with Crippen molar-refractivity contribution in [3.05, 3.63) is 23.0 Å². The molecule has 0 aromatic heterocycles. The van der Waals surface area contributed by atoms with Gasteiger partial charge in [-0.25, -0.2) is 0 Å². The third-order valence-electron chi connectivity index (χ3n) is 17.0. The third-order valence-corrected chi connectivity index (χ3v) is 17.0. The van der Waals surface area contributed by atoms with Crippen LogP contribution >= 0.6 is 0 Å². The summed E-state index contributed by atoms with van der Waals surface area (Å²) >= 11 is 0. The number of carbonyl (C=O) groups excluding carboxylic acids is 2. The number of aliphatic hydroxyl groups excluding tert-OH is 19. The molecule has 25 atom stereocenters. The Morgan fingerprint density at radius 2 is 1.04 bits per heavy atom. The van der Waals surface area contributed by atoms with Gasteiger partial charge in [0, 0.05) is 44.1 Å². The molecule has 2 rings (SSSR count). The van der Waals surface area contributed by atoms with E-state index >= 15 is 0 Å². The van der Waals surface area contributed by atoms with Crippen LogP contribution in [0.5, 0.6) is 0 Å². The van der Waals surface area contributed by atoms with Gasteiger partial charge < -0.3 is 112 Å². The number of nitrogens with zero attached hydrogens (tertiary/aromatic N) is 1. The van der Waals surface area contributed by atoms with Gasteiger partial charge in [-0.1, -0.05) is 99.0 Å². The number of amides is 1. The zero-order chi connectivity index (χ0) is 62.7. The number of allylic oxidation sites excluding steroid dienone is 2. The number of aliphatic hydroxyl groups is 20. The van der Waals surface area contributed by atoms with Crippen molar-refractivity contribution in [1.82, 2.24) is 4.90 Å². The summed E-state index contributed by atoms with van der Waals surface area (Å²) in [4.78, 5) is 25.8. The minimum atomic E-state index is -2.59. The summed E-state index contributed by atoms with van der Waals surface area (Å²) in [7, 11) is 1.46. The van der Waals surface area contributed by atoms with E-state index in [1.54, 1.807) is 13.0 Å². The number of ketones is 1. The van der Waals surface area contributed by atoms with E-state index < -0.39 is 183 Å². The van der Waals surface area contributed by atoms with Crippen molar-refractivity contribution in [1.29, 1.82) is 0 Å². The molecule has 24 heteroatoms. The lowest BCUT2D eigenvalue weighted by atomic mass is 9.80. The van der Waals surface area contributed by atoms with E-state index in [2.05, 4.69) is 6.92 Å². The largest absolute Gasteiger partial charge is 0.507 e. The van der Waals surface area contributed by atoms with Crippen molar-refractivity contribution < 1.29 is 116 Å². The van der Waals surface area contributed by atoms with Gasteiger partial charge in [0.15, 0.2) is 11.6 Å². The lowest BCUT2D eigenvalue weighted by molar-refractivity contribution is -0.356. The molecule has 0 bridgehead atoms. The van der Waals surface area contributed by atoms with Gasteiger partial charge in [0.2, 0.25) is 0 Å². The Kier molecular flexibility index (Phi) is 33.3. The predicted octanol–water partition coefficient (Wildman–Crippen LogP) is -1.41. The molecule has 0 aromatic rings. The fourth-order valence-electron chi connectivity index (χ4n) is 11.4. The molecule has 2 heterocycles. The number of hydrogen-bond donors (Lipinski definition) is 20. The minimum Gasteiger partial charge on any atom is -0.507 e. The van der Waals surface area contributed by atoms with Gasteiger partial charge in [0.25, 0.3) is 5.91 Å². The quantitative estimate of drug-likeness (QED) is 0.0145.